The lowest BCUT2D eigenvalue weighted by Gasteiger charge is -2.29. The Labute approximate surface area is 305 Å². The highest BCUT2D eigenvalue weighted by atomic mass is 16.3. The Balaban J connectivity index is 1.42. The number of aliphatic hydroxyl groups is 3. The summed E-state index contributed by atoms with van der Waals surface area (Å²) >= 11 is 0. The van der Waals surface area contributed by atoms with E-state index in [1.165, 1.54) is 0 Å². The molecule has 7 rings (SSSR count). The number of aryl methyl sites for hydroxylation is 1. The average molecular weight is 705 g/mol. The number of hydrogen-bond donors (Lipinski definition) is 6. The average Bonchev–Trinajstić information content (AvgIpc) is 3.17. The highest BCUT2D eigenvalue weighted by Gasteiger charge is 2.45. The van der Waals surface area contributed by atoms with E-state index < -0.39 is 62.6 Å². The van der Waals surface area contributed by atoms with Crippen LogP contribution in [0.5, 0.6) is 17.2 Å². The van der Waals surface area contributed by atoms with Crippen LogP contribution >= 0.6 is 0 Å². The van der Waals surface area contributed by atoms with Gasteiger partial charge in [0.15, 0.2) is 5.78 Å². The molecular formula is C45H36O8. The number of aromatic hydroxyl groups is 3. The van der Waals surface area contributed by atoms with Crippen LogP contribution in [0.1, 0.15) is 44.5 Å². The standard InChI is InChI=1S/C45H36O8/c1-25-17-19-29(20-18-25)24-33-39(47)32(23-28-15-9-4-10-16-28)42(50)35(43(33)51)37-44(52)36(45(37)53)34-40(48)30(21-26-11-5-2-6-12-26)38(46)31(41(34)49)22-27-13-7-3-8-14-27/h2-20,46,48-52H,21-24H2,1H3/b37-35+. The van der Waals surface area contributed by atoms with Crippen molar-refractivity contribution in [3.63, 3.8) is 0 Å². The minimum atomic E-state index is -0.897. The molecule has 0 saturated heterocycles. The lowest BCUT2D eigenvalue weighted by atomic mass is 9.75. The number of Topliss-reactive ketones (excluding diaryl/α,β-unsaturated/α-hetero) is 2. The quantitative estimate of drug-likeness (QED) is 0.0841. The molecule has 5 aromatic rings. The fraction of sp³-hybridized carbons (Fsp3) is 0.111. The highest BCUT2D eigenvalue weighted by Crippen LogP contribution is 2.52. The monoisotopic (exact) mass is 704 g/mol. The zero-order valence-corrected chi connectivity index (χ0v) is 28.8. The predicted octanol–water partition coefficient (Wildman–Crippen LogP) is 8.13. The molecule has 5 aromatic carbocycles. The van der Waals surface area contributed by atoms with Gasteiger partial charge in [-0.3, -0.25) is 9.59 Å². The second-order valence-electron chi connectivity index (χ2n) is 13.3. The Bertz CT molecular complexity index is 2330. The summed E-state index contributed by atoms with van der Waals surface area (Å²) in [5.41, 5.74) is 2.01. The molecule has 0 amide bonds. The smallest absolute Gasteiger partial charge is 0.202 e. The Morgan fingerprint density at radius 1 is 0.396 bits per heavy atom. The van der Waals surface area contributed by atoms with Crippen LogP contribution in [0.3, 0.4) is 0 Å². The number of aliphatic hydroxyl groups excluding tert-OH is 3. The second kappa shape index (κ2) is 14.1. The van der Waals surface area contributed by atoms with Crippen LogP contribution in [0.2, 0.25) is 0 Å². The number of rotatable bonds is 9. The van der Waals surface area contributed by atoms with Gasteiger partial charge >= 0.3 is 0 Å². The third kappa shape index (κ3) is 6.36. The number of ketones is 2. The number of carbonyl (C=O) groups excluding carboxylic acids is 2. The maximum absolute atomic E-state index is 14.2. The van der Waals surface area contributed by atoms with Gasteiger partial charge in [0, 0.05) is 48.0 Å². The topological polar surface area (TPSA) is 156 Å². The highest BCUT2D eigenvalue weighted by molar-refractivity contribution is 6.40. The van der Waals surface area contributed by atoms with Crippen molar-refractivity contribution in [2.75, 3.05) is 0 Å². The molecule has 0 aliphatic heterocycles. The van der Waals surface area contributed by atoms with Gasteiger partial charge in [-0.25, -0.2) is 0 Å². The van der Waals surface area contributed by atoms with E-state index in [9.17, 15) is 40.2 Å². The van der Waals surface area contributed by atoms with Crippen molar-refractivity contribution in [3.05, 3.63) is 199 Å². The van der Waals surface area contributed by atoms with Gasteiger partial charge in [-0.15, -0.1) is 0 Å². The fourth-order valence-corrected chi connectivity index (χ4v) is 6.94. The molecule has 8 heteroatoms. The zero-order chi connectivity index (χ0) is 37.4. The van der Waals surface area contributed by atoms with E-state index >= 15 is 0 Å². The second-order valence-corrected chi connectivity index (χ2v) is 13.3. The van der Waals surface area contributed by atoms with Crippen molar-refractivity contribution in [1.82, 2.24) is 0 Å². The zero-order valence-electron chi connectivity index (χ0n) is 28.8. The first kappa shape index (κ1) is 34.6. The predicted molar refractivity (Wildman–Crippen MR) is 201 cm³/mol. The largest absolute Gasteiger partial charge is 0.507 e. The van der Waals surface area contributed by atoms with Crippen LogP contribution < -0.4 is 0 Å². The van der Waals surface area contributed by atoms with Crippen LogP contribution in [0.4, 0.5) is 0 Å². The summed E-state index contributed by atoms with van der Waals surface area (Å²) in [5.74, 6) is -5.11. The van der Waals surface area contributed by atoms with Crippen molar-refractivity contribution in [2.24, 2.45) is 0 Å². The normalized spacial score (nSPS) is 16.0. The van der Waals surface area contributed by atoms with E-state index in [-0.39, 0.29) is 53.7 Å². The lowest BCUT2D eigenvalue weighted by Crippen LogP contribution is -2.28. The molecule has 0 spiro atoms. The molecule has 264 valence electrons. The lowest BCUT2D eigenvalue weighted by molar-refractivity contribution is -0.113. The molecule has 0 fully saturated rings. The van der Waals surface area contributed by atoms with Gasteiger partial charge in [0.05, 0.1) is 22.3 Å². The summed E-state index contributed by atoms with van der Waals surface area (Å²) in [6.45, 7) is 1.92. The van der Waals surface area contributed by atoms with E-state index in [0.29, 0.717) is 11.1 Å². The first-order chi connectivity index (χ1) is 25.5. The molecule has 2 aliphatic carbocycles. The van der Waals surface area contributed by atoms with Gasteiger partial charge in [-0.2, -0.15) is 0 Å². The third-order valence-electron chi connectivity index (χ3n) is 9.81. The summed E-state index contributed by atoms with van der Waals surface area (Å²) in [6, 6.07) is 34.3. The van der Waals surface area contributed by atoms with Crippen LogP contribution in [0.25, 0.3) is 5.57 Å². The Morgan fingerprint density at radius 2 is 0.792 bits per heavy atom. The summed E-state index contributed by atoms with van der Waals surface area (Å²) < 4.78 is 0. The number of hydrogen-bond acceptors (Lipinski definition) is 8. The maximum Gasteiger partial charge on any atom is 0.202 e. The molecule has 0 saturated carbocycles. The molecule has 8 nitrogen and oxygen atoms in total. The number of phenols is 3. The van der Waals surface area contributed by atoms with Crippen LogP contribution in [-0.4, -0.2) is 42.2 Å². The minimum Gasteiger partial charge on any atom is -0.507 e. The van der Waals surface area contributed by atoms with E-state index in [2.05, 4.69) is 0 Å². The number of phenolic OH excluding ortho intramolecular Hbond substituents is 3. The van der Waals surface area contributed by atoms with Crippen LogP contribution in [0.15, 0.2) is 155 Å². The molecule has 0 atom stereocenters. The van der Waals surface area contributed by atoms with Crippen molar-refractivity contribution >= 4 is 17.1 Å². The summed E-state index contributed by atoms with van der Waals surface area (Å²) in [5, 5.41) is 69.7. The molecule has 0 radical (unpaired) electrons. The van der Waals surface area contributed by atoms with Crippen molar-refractivity contribution in [1.29, 1.82) is 0 Å². The van der Waals surface area contributed by atoms with Crippen LogP contribution in [0, 0.1) is 6.92 Å². The van der Waals surface area contributed by atoms with E-state index in [4.69, 9.17) is 0 Å². The van der Waals surface area contributed by atoms with Gasteiger partial charge in [-0.1, -0.05) is 121 Å². The number of carbonyl (C=O) groups is 2. The summed E-state index contributed by atoms with van der Waals surface area (Å²) in [4.78, 5) is 28.2. The van der Waals surface area contributed by atoms with Crippen molar-refractivity contribution < 1.29 is 40.2 Å². The summed E-state index contributed by atoms with van der Waals surface area (Å²) in [7, 11) is 0. The molecule has 0 unspecified atom stereocenters. The van der Waals surface area contributed by atoms with Gasteiger partial charge in [-0.05, 0) is 29.2 Å². The maximum atomic E-state index is 14.2. The fourth-order valence-electron chi connectivity index (χ4n) is 6.94. The molecule has 0 heterocycles. The van der Waals surface area contributed by atoms with Crippen molar-refractivity contribution in [2.45, 2.75) is 32.6 Å². The molecule has 0 bridgehead atoms. The molecule has 0 aromatic heterocycles. The first-order valence-electron chi connectivity index (χ1n) is 17.1. The number of benzene rings is 5. The van der Waals surface area contributed by atoms with Gasteiger partial charge < -0.3 is 30.6 Å². The van der Waals surface area contributed by atoms with E-state index in [0.717, 1.165) is 16.7 Å². The Kier molecular flexibility index (Phi) is 9.20. The van der Waals surface area contributed by atoms with Gasteiger partial charge in [0.2, 0.25) is 5.78 Å². The van der Waals surface area contributed by atoms with Crippen LogP contribution in [-0.2, 0) is 35.3 Å². The molecule has 2 aliphatic rings. The van der Waals surface area contributed by atoms with E-state index in [1.807, 2.05) is 49.4 Å². The molecule has 6 N–H and O–H groups in total. The summed E-state index contributed by atoms with van der Waals surface area (Å²) in [6.07, 6.45) is 0.0159. The van der Waals surface area contributed by atoms with Gasteiger partial charge in [0.1, 0.15) is 34.5 Å². The first-order valence-corrected chi connectivity index (χ1v) is 17.1. The molecule has 53 heavy (non-hydrogen) atoms. The van der Waals surface area contributed by atoms with Gasteiger partial charge in [0.25, 0.3) is 0 Å². The SMILES string of the molecule is Cc1ccc(CC2=C(O)/C(=C3/C(=O)C(c4c(O)c(Cc5ccccc5)c(O)c(Cc5ccccc5)c4O)=C3O)C(O)=C(Cc3ccccc3)C2=O)cc1. The third-order valence-corrected chi connectivity index (χ3v) is 9.81. The number of allylic oxidation sites excluding steroid dienone is 4. The molecular weight excluding hydrogens is 668 g/mol. The van der Waals surface area contributed by atoms with E-state index in [1.54, 1.807) is 72.8 Å². The Hall–Kier alpha value is -6.80. The Morgan fingerprint density at radius 3 is 1.21 bits per heavy atom. The van der Waals surface area contributed by atoms with Crippen molar-refractivity contribution in [3.8, 4) is 17.2 Å². The minimum absolute atomic E-state index is 0.0238.